The van der Waals surface area contributed by atoms with Gasteiger partial charge in [0.1, 0.15) is 0 Å². The van der Waals surface area contributed by atoms with Gasteiger partial charge in [-0.15, -0.1) is 0 Å². The molecule has 0 spiro atoms. The van der Waals surface area contributed by atoms with Crippen molar-refractivity contribution in [3.63, 3.8) is 0 Å². The van der Waals surface area contributed by atoms with Crippen LogP contribution in [0.5, 0.6) is 0 Å². The van der Waals surface area contributed by atoms with Gasteiger partial charge in [-0.3, -0.25) is 4.79 Å². The number of rotatable bonds is 6. The Morgan fingerprint density at radius 1 is 1.14 bits per heavy atom. The van der Waals surface area contributed by atoms with Crippen LogP contribution in [0.4, 0.5) is 0 Å². The van der Waals surface area contributed by atoms with Gasteiger partial charge in [0.15, 0.2) is 0 Å². The third kappa shape index (κ3) is 6.89. The molecule has 84 valence electrons. The molecule has 1 amide bonds. The van der Waals surface area contributed by atoms with Crippen molar-refractivity contribution in [1.29, 1.82) is 0 Å². The van der Waals surface area contributed by atoms with E-state index in [0.717, 1.165) is 6.42 Å². The minimum absolute atomic E-state index is 0.0988. The second kappa shape index (κ2) is 6.82. The highest BCUT2D eigenvalue weighted by Gasteiger charge is 2.11. The van der Waals surface area contributed by atoms with Gasteiger partial charge in [-0.1, -0.05) is 13.8 Å². The molecule has 0 saturated carbocycles. The Bertz CT molecular complexity index is 169. The maximum atomic E-state index is 11.1. The molecule has 0 aliphatic rings. The van der Waals surface area contributed by atoms with Crippen molar-refractivity contribution in [3.05, 3.63) is 0 Å². The molecule has 3 heteroatoms. The second-order valence-electron chi connectivity index (χ2n) is 4.48. The van der Waals surface area contributed by atoms with E-state index in [1.54, 1.807) is 7.05 Å². The van der Waals surface area contributed by atoms with Crippen LogP contribution < -0.4 is 10.6 Å². The van der Waals surface area contributed by atoms with Crippen molar-refractivity contribution in [2.75, 3.05) is 7.05 Å². The van der Waals surface area contributed by atoms with Crippen LogP contribution in [0.25, 0.3) is 0 Å². The predicted octanol–water partition coefficient (Wildman–Crippen LogP) is 1.54. The minimum Gasteiger partial charge on any atom is -0.359 e. The Balaban J connectivity index is 3.70. The Morgan fingerprint density at radius 3 is 2.14 bits per heavy atom. The van der Waals surface area contributed by atoms with Crippen molar-refractivity contribution < 1.29 is 4.79 Å². The van der Waals surface area contributed by atoms with Gasteiger partial charge in [0, 0.05) is 25.6 Å². The average molecular weight is 200 g/mol. The van der Waals surface area contributed by atoms with Crippen LogP contribution in [0.2, 0.25) is 0 Å². The standard InChI is InChI=1S/C11H24N2O/c1-8(2)6-9(3)13-10(4)7-11(14)12-5/h8-10,13H,6-7H2,1-5H3,(H,12,14). The SMILES string of the molecule is CNC(=O)CC(C)NC(C)CC(C)C. The van der Waals surface area contributed by atoms with Crippen molar-refractivity contribution >= 4 is 5.91 Å². The van der Waals surface area contributed by atoms with Gasteiger partial charge in [0.05, 0.1) is 0 Å². The van der Waals surface area contributed by atoms with Crippen LogP contribution in [0.3, 0.4) is 0 Å². The molecular formula is C11H24N2O. The first-order valence-electron chi connectivity index (χ1n) is 5.42. The van der Waals surface area contributed by atoms with E-state index < -0.39 is 0 Å². The highest BCUT2D eigenvalue weighted by atomic mass is 16.1. The monoisotopic (exact) mass is 200 g/mol. The smallest absolute Gasteiger partial charge is 0.221 e. The van der Waals surface area contributed by atoms with Gasteiger partial charge in [-0.25, -0.2) is 0 Å². The minimum atomic E-state index is 0.0988. The van der Waals surface area contributed by atoms with Crippen molar-refractivity contribution in [2.45, 2.75) is 52.6 Å². The summed E-state index contributed by atoms with van der Waals surface area (Å²) in [4.78, 5) is 11.1. The van der Waals surface area contributed by atoms with Crippen molar-refractivity contribution in [1.82, 2.24) is 10.6 Å². The lowest BCUT2D eigenvalue weighted by molar-refractivity contribution is -0.121. The fraction of sp³-hybridized carbons (Fsp3) is 0.909. The molecular weight excluding hydrogens is 176 g/mol. The number of hydrogen-bond donors (Lipinski definition) is 2. The number of carbonyl (C=O) groups excluding carboxylic acids is 1. The number of hydrogen-bond acceptors (Lipinski definition) is 2. The molecule has 0 fully saturated rings. The predicted molar refractivity (Wildman–Crippen MR) is 60.2 cm³/mol. The molecule has 0 aliphatic heterocycles. The van der Waals surface area contributed by atoms with Gasteiger partial charge in [-0.2, -0.15) is 0 Å². The first-order chi connectivity index (χ1) is 6.45. The first kappa shape index (κ1) is 13.4. The van der Waals surface area contributed by atoms with E-state index in [9.17, 15) is 4.79 Å². The first-order valence-corrected chi connectivity index (χ1v) is 5.42. The quantitative estimate of drug-likeness (QED) is 0.683. The molecule has 0 aliphatic carbocycles. The molecule has 14 heavy (non-hydrogen) atoms. The second-order valence-corrected chi connectivity index (χ2v) is 4.48. The van der Waals surface area contributed by atoms with Crippen LogP contribution in [-0.4, -0.2) is 25.0 Å². The van der Waals surface area contributed by atoms with Gasteiger partial charge in [0.2, 0.25) is 5.91 Å². The lowest BCUT2D eigenvalue weighted by Crippen LogP contribution is -2.38. The fourth-order valence-corrected chi connectivity index (χ4v) is 1.70. The van der Waals surface area contributed by atoms with E-state index in [4.69, 9.17) is 0 Å². The molecule has 3 nitrogen and oxygen atoms in total. The fourth-order valence-electron chi connectivity index (χ4n) is 1.70. The zero-order valence-electron chi connectivity index (χ0n) is 10.1. The van der Waals surface area contributed by atoms with Crippen LogP contribution >= 0.6 is 0 Å². The van der Waals surface area contributed by atoms with Crippen LogP contribution in [-0.2, 0) is 4.79 Å². The molecule has 0 heterocycles. The molecule has 2 atom stereocenters. The number of amides is 1. The molecule has 2 N–H and O–H groups in total. The molecule has 0 radical (unpaired) electrons. The number of carbonyl (C=O) groups is 1. The summed E-state index contributed by atoms with van der Waals surface area (Å²) in [6.45, 7) is 8.63. The van der Waals surface area contributed by atoms with E-state index in [2.05, 4.69) is 31.4 Å². The molecule has 0 saturated heterocycles. The lowest BCUT2D eigenvalue weighted by Gasteiger charge is -2.20. The highest BCUT2D eigenvalue weighted by molar-refractivity contribution is 5.76. The molecule has 0 aromatic carbocycles. The van der Waals surface area contributed by atoms with Crippen molar-refractivity contribution in [3.8, 4) is 0 Å². The molecule has 0 aromatic heterocycles. The van der Waals surface area contributed by atoms with Gasteiger partial charge < -0.3 is 10.6 Å². The summed E-state index contributed by atoms with van der Waals surface area (Å²) < 4.78 is 0. The molecule has 0 bridgehead atoms. The maximum Gasteiger partial charge on any atom is 0.221 e. The van der Waals surface area contributed by atoms with E-state index >= 15 is 0 Å². The normalized spacial score (nSPS) is 15.3. The molecule has 0 aromatic rings. The third-order valence-electron chi connectivity index (χ3n) is 2.16. The summed E-state index contributed by atoms with van der Waals surface area (Å²) in [5.41, 5.74) is 0. The Labute approximate surface area is 87.6 Å². The summed E-state index contributed by atoms with van der Waals surface area (Å²) in [5, 5.41) is 6.05. The van der Waals surface area contributed by atoms with E-state index in [0.29, 0.717) is 18.4 Å². The van der Waals surface area contributed by atoms with E-state index in [1.165, 1.54) is 0 Å². The lowest BCUT2D eigenvalue weighted by atomic mass is 10.0. The van der Waals surface area contributed by atoms with Crippen LogP contribution in [0.1, 0.15) is 40.5 Å². The summed E-state index contributed by atoms with van der Waals surface area (Å²) in [6, 6.07) is 0.735. The largest absolute Gasteiger partial charge is 0.359 e. The highest BCUT2D eigenvalue weighted by Crippen LogP contribution is 2.05. The Kier molecular flexibility index (Phi) is 6.54. The van der Waals surface area contributed by atoms with Crippen LogP contribution in [0.15, 0.2) is 0 Å². The zero-order valence-corrected chi connectivity index (χ0v) is 10.1. The Morgan fingerprint density at radius 2 is 1.71 bits per heavy atom. The van der Waals surface area contributed by atoms with Crippen LogP contribution in [0, 0.1) is 5.92 Å². The van der Waals surface area contributed by atoms with Gasteiger partial charge in [-0.05, 0) is 26.2 Å². The summed E-state index contributed by atoms with van der Waals surface area (Å²) >= 11 is 0. The molecule has 0 rings (SSSR count). The summed E-state index contributed by atoms with van der Waals surface area (Å²) in [6.07, 6.45) is 1.71. The zero-order chi connectivity index (χ0) is 11.1. The van der Waals surface area contributed by atoms with E-state index in [1.807, 2.05) is 6.92 Å². The summed E-state index contributed by atoms with van der Waals surface area (Å²) in [5.74, 6) is 0.798. The topological polar surface area (TPSA) is 41.1 Å². The third-order valence-corrected chi connectivity index (χ3v) is 2.16. The number of nitrogens with one attached hydrogen (secondary N) is 2. The Hall–Kier alpha value is -0.570. The van der Waals surface area contributed by atoms with E-state index in [-0.39, 0.29) is 11.9 Å². The van der Waals surface area contributed by atoms with Gasteiger partial charge in [0.25, 0.3) is 0 Å². The maximum absolute atomic E-state index is 11.1. The summed E-state index contributed by atoms with van der Waals surface area (Å²) in [7, 11) is 1.67. The van der Waals surface area contributed by atoms with Gasteiger partial charge >= 0.3 is 0 Å². The van der Waals surface area contributed by atoms with Crippen molar-refractivity contribution in [2.24, 2.45) is 5.92 Å². The molecule has 2 unspecified atom stereocenters. The average Bonchev–Trinajstić information content (AvgIpc) is 2.01.